The highest BCUT2D eigenvalue weighted by molar-refractivity contribution is 7.89. The van der Waals surface area contributed by atoms with Crippen LogP contribution in [0.4, 0.5) is 0 Å². The Labute approximate surface area is 151 Å². The Morgan fingerprint density at radius 1 is 1.08 bits per heavy atom. The maximum absolute atomic E-state index is 13.1. The van der Waals surface area contributed by atoms with E-state index >= 15 is 0 Å². The lowest BCUT2D eigenvalue weighted by Crippen LogP contribution is -2.62. The molecule has 2 aliphatic rings. The number of hydrogen-bond acceptors (Lipinski definition) is 3. The van der Waals surface area contributed by atoms with Gasteiger partial charge in [-0.15, -0.1) is 0 Å². The molecule has 1 amide bonds. The number of benzene rings is 1. The third-order valence-electron chi connectivity index (χ3n) is 5.71. The van der Waals surface area contributed by atoms with Crippen molar-refractivity contribution in [3.05, 3.63) is 29.8 Å². The van der Waals surface area contributed by atoms with Crippen molar-refractivity contribution in [1.29, 1.82) is 0 Å². The molecular weight excluding hydrogens is 336 g/mol. The van der Waals surface area contributed by atoms with Gasteiger partial charge in [-0.2, -0.15) is 4.31 Å². The predicted molar refractivity (Wildman–Crippen MR) is 97.8 cm³/mol. The molecule has 138 valence electrons. The minimum absolute atomic E-state index is 0.167. The van der Waals surface area contributed by atoms with E-state index in [1.165, 1.54) is 0 Å². The van der Waals surface area contributed by atoms with Crippen molar-refractivity contribution in [3.63, 3.8) is 0 Å². The highest BCUT2D eigenvalue weighted by atomic mass is 32.2. The fraction of sp³-hybridized carbons (Fsp3) is 0.632. The third-order valence-corrected chi connectivity index (χ3v) is 7.57. The van der Waals surface area contributed by atoms with Crippen LogP contribution in [0.5, 0.6) is 0 Å². The van der Waals surface area contributed by atoms with Crippen LogP contribution in [0, 0.1) is 0 Å². The standard InChI is InChI=1S/C19H28N2O3S/c1-3-16-8-10-17(11-9-16)25(23,24)20-14-6-13-19(15-20)12-5-7-18(22)21(19)4-2/h8-11H,3-7,12-15H2,1-2H3. The van der Waals surface area contributed by atoms with Crippen molar-refractivity contribution < 1.29 is 13.2 Å². The molecule has 1 unspecified atom stereocenters. The number of carbonyl (C=O) groups is 1. The third kappa shape index (κ3) is 3.34. The molecule has 1 aromatic rings. The lowest BCUT2D eigenvalue weighted by molar-refractivity contribution is -0.144. The molecule has 1 spiro atoms. The number of piperidine rings is 2. The molecule has 2 aliphatic heterocycles. The lowest BCUT2D eigenvalue weighted by Gasteiger charge is -2.51. The summed E-state index contributed by atoms with van der Waals surface area (Å²) in [6.07, 6.45) is 4.92. The van der Waals surface area contributed by atoms with E-state index in [0.717, 1.165) is 37.7 Å². The van der Waals surface area contributed by atoms with Crippen molar-refractivity contribution in [2.45, 2.75) is 62.8 Å². The summed E-state index contributed by atoms with van der Waals surface area (Å²) in [6, 6.07) is 7.18. The Hall–Kier alpha value is -1.40. The first-order valence-corrected chi connectivity index (χ1v) is 10.8. The van der Waals surface area contributed by atoms with Crippen LogP contribution in [0.1, 0.15) is 51.5 Å². The molecule has 0 bridgehead atoms. The number of aryl methyl sites for hydroxylation is 1. The Kier molecular flexibility index (Phi) is 5.21. The molecule has 0 saturated carbocycles. The molecule has 0 aliphatic carbocycles. The minimum atomic E-state index is -3.52. The van der Waals surface area contributed by atoms with Crippen LogP contribution < -0.4 is 0 Å². The summed E-state index contributed by atoms with van der Waals surface area (Å²) in [7, 11) is -3.52. The normalized spacial score (nSPS) is 25.5. The summed E-state index contributed by atoms with van der Waals surface area (Å²) >= 11 is 0. The maximum Gasteiger partial charge on any atom is 0.243 e. The second-order valence-electron chi connectivity index (χ2n) is 7.16. The molecule has 0 N–H and O–H groups in total. The topological polar surface area (TPSA) is 57.7 Å². The van der Waals surface area contributed by atoms with Gasteiger partial charge < -0.3 is 4.90 Å². The van der Waals surface area contributed by atoms with Crippen molar-refractivity contribution in [2.24, 2.45) is 0 Å². The Morgan fingerprint density at radius 3 is 2.40 bits per heavy atom. The van der Waals surface area contributed by atoms with Gasteiger partial charge in [0.2, 0.25) is 15.9 Å². The molecule has 2 heterocycles. The largest absolute Gasteiger partial charge is 0.336 e. The Balaban J connectivity index is 1.88. The van der Waals surface area contributed by atoms with Crippen LogP contribution in [0.2, 0.25) is 0 Å². The van der Waals surface area contributed by atoms with Gasteiger partial charge >= 0.3 is 0 Å². The summed E-state index contributed by atoms with van der Waals surface area (Å²) < 4.78 is 27.8. The number of sulfonamides is 1. The zero-order valence-corrected chi connectivity index (χ0v) is 16.0. The Bertz CT molecular complexity index is 726. The van der Waals surface area contributed by atoms with E-state index in [2.05, 4.69) is 6.92 Å². The quantitative estimate of drug-likeness (QED) is 0.825. The molecule has 1 atom stereocenters. The van der Waals surface area contributed by atoms with Crippen LogP contribution in [-0.4, -0.2) is 48.7 Å². The van der Waals surface area contributed by atoms with Crippen molar-refractivity contribution in [1.82, 2.24) is 9.21 Å². The van der Waals surface area contributed by atoms with Crippen LogP contribution in [0.15, 0.2) is 29.2 Å². The average Bonchev–Trinajstić information content (AvgIpc) is 2.62. The van der Waals surface area contributed by atoms with Gasteiger partial charge in [0.1, 0.15) is 0 Å². The number of likely N-dealkylation sites (N-methyl/N-ethyl adjacent to an activating group) is 1. The van der Waals surface area contributed by atoms with Gasteiger partial charge in [0, 0.05) is 26.1 Å². The van der Waals surface area contributed by atoms with Gasteiger partial charge in [-0.1, -0.05) is 19.1 Å². The summed E-state index contributed by atoms with van der Waals surface area (Å²) in [4.78, 5) is 14.6. The molecule has 25 heavy (non-hydrogen) atoms. The smallest absolute Gasteiger partial charge is 0.243 e. The maximum atomic E-state index is 13.1. The molecule has 3 rings (SSSR count). The molecule has 6 heteroatoms. The number of nitrogens with zero attached hydrogens (tertiary/aromatic N) is 2. The first kappa shape index (κ1) is 18.4. The van der Waals surface area contributed by atoms with Gasteiger partial charge in [0.15, 0.2) is 0 Å². The van der Waals surface area contributed by atoms with Crippen LogP contribution in [-0.2, 0) is 21.2 Å². The van der Waals surface area contributed by atoms with Crippen LogP contribution in [0.25, 0.3) is 0 Å². The summed E-state index contributed by atoms with van der Waals surface area (Å²) in [6.45, 7) is 5.65. The summed E-state index contributed by atoms with van der Waals surface area (Å²) in [5, 5.41) is 0. The lowest BCUT2D eigenvalue weighted by atomic mass is 9.80. The highest BCUT2D eigenvalue weighted by Crippen LogP contribution is 2.38. The first-order chi connectivity index (χ1) is 11.9. The van der Waals surface area contributed by atoms with E-state index in [9.17, 15) is 13.2 Å². The van der Waals surface area contributed by atoms with E-state index in [1.807, 2.05) is 24.0 Å². The van der Waals surface area contributed by atoms with Crippen molar-refractivity contribution in [3.8, 4) is 0 Å². The van der Waals surface area contributed by atoms with Gasteiger partial charge in [0.05, 0.1) is 10.4 Å². The first-order valence-electron chi connectivity index (χ1n) is 9.32. The number of rotatable bonds is 4. The van der Waals surface area contributed by atoms with Gasteiger partial charge in [-0.3, -0.25) is 4.79 Å². The van der Waals surface area contributed by atoms with E-state index in [4.69, 9.17) is 0 Å². The summed E-state index contributed by atoms with van der Waals surface area (Å²) in [5.41, 5.74) is 0.808. The van der Waals surface area contributed by atoms with Crippen molar-refractivity contribution in [2.75, 3.05) is 19.6 Å². The van der Waals surface area contributed by atoms with E-state index in [1.54, 1.807) is 16.4 Å². The fourth-order valence-corrected chi connectivity index (χ4v) is 5.92. The molecule has 1 aromatic carbocycles. The number of carbonyl (C=O) groups excluding carboxylic acids is 1. The molecule has 0 radical (unpaired) electrons. The van der Waals surface area contributed by atoms with E-state index in [-0.39, 0.29) is 11.4 Å². The molecule has 2 saturated heterocycles. The minimum Gasteiger partial charge on any atom is -0.336 e. The van der Waals surface area contributed by atoms with Crippen LogP contribution in [0.3, 0.4) is 0 Å². The number of hydrogen-bond donors (Lipinski definition) is 0. The predicted octanol–water partition coefficient (Wildman–Crippen LogP) is 2.80. The molecule has 0 aromatic heterocycles. The second-order valence-corrected chi connectivity index (χ2v) is 9.09. The zero-order chi connectivity index (χ0) is 18.1. The number of amides is 1. The van der Waals surface area contributed by atoms with E-state index in [0.29, 0.717) is 31.0 Å². The highest BCUT2D eigenvalue weighted by Gasteiger charge is 2.46. The monoisotopic (exact) mass is 364 g/mol. The van der Waals surface area contributed by atoms with Gasteiger partial charge in [-0.25, -0.2) is 8.42 Å². The van der Waals surface area contributed by atoms with Gasteiger partial charge in [-0.05, 0) is 56.7 Å². The second kappa shape index (κ2) is 7.08. The Morgan fingerprint density at radius 2 is 1.76 bits per heavy atom. The number of likely N-dealkylation sites (tertiary alicyclic amines) is 1. The van der Waals surface area contributed by atoms with Gasteiger partial charge in [0.25, 0.3) is 0 Å². The SMILES string of the molecule is CCc1ccc(S(=O)(=O)N2CCCC3(CCCC(=O)N3CC)C2)cc1. The fourth-order valence-electron chi connectivity index (χ4n) is 4.36. The summed E-state index contributed by atoms with van der Waals surface area (Å²) in [5.74, 6) is 0.167. The van der Waals surface area contributed by atoms with Crippen molar-refractivity contribution >= 4 is 15.9 Å². The zero-order valence-electron chi connectivity index (χ0n) is 15.2. The molecular formula is C19H28N2O3S. The van der Waals surface area contributed by atoms with Crippen LogP contribution >= 0.6 is 0 Å². The van der Waals surface area contributed by atoms with E-state index < -0.39 is 10.0 Å². The molecule has 2 fully saturated rings. The molecule has 5 nitrogen and oxygen atoms in total. The average molecular weight is 365 g/mol.